The van der Waals surface area contributed by atoms with Crippen molar-refractivity contribution in [1.82, 2.24) is 0 Å². The quantitative estimate of drug-likeness (QED) is 0.450. The Kier molecular flexibility index (Phi) is 148. The van der Waals surface area contributed by atoms with Crippen LogP contribution in [0, 0.1) is 0 Å². The summed E-state index contributed by atoms with van der Waals surface area (Å²) in [7, 11) is 0. The van der Waals surface area contributed by atoms with Crippen LogP contribution in [0.1, 0.15) is 9.78 Å². The number of aliphatic hydroxyl groups excluding tert-OH is 1. The first-order chi connectivity index (χ1) is 1.41. The van der Waals surface area contributed by atoms with Gasteiger partial charge in [-0.05, 0) is 6.92 Å². The number of rotatable bonds is 0. The molecule has 34 valence electrons. The van der Waals surface area contributed by atoms with Gasteiger partial charge in [0.15, 0.2) is 0 Å². The van der Waals surface area contributed by atoms with Crippen molar-refractivity contribution in [2.24, 2.45) is 0 Å². The first-order valence-corrected chi connectivity index (χ1v) is 1.02. The summed E-state index contributed by atoms with van der Waals surface area (Å²) in [4.78, 5) is 0. The molecule has 0 aromatic rings. The molecule has 0 aromatic carbocycles. The molecule has 3 N–H and O–H groups in total. The van der Waals surface area contributed by atoms with E-state index in [1.807, 2.05) is 0 Å². The van der Waals surface area contributed by atoms with Gasteiger partial charge in [0, 0.05) is 26.1 Å². The molecule has 0 aliphatic heterocycles. The summed E-state index contributed by atoms with van der Waals surface area (Å²) in [6, 6.07) is 0. The van der Waals surface area contributed by atoms with Crippen LogP contribution in [-0.2, 0) is 19.5 Å². The van der Waals surface area contributed by atoms with Crippen molar-refractivity contribution in [3.05, 3.63) is 0 Å². The molecule has 2 nitrogen and oxygen atoms in total. The molecular weight excluding hydrogens is 146 g/mol. The second-order valence-electron chi connectivity index (χ2n) is 0.316. The average Bonchev–Trinajstić information content (AvgIpc) is 0.918. The van der Waals surface area contributed by atoms with Gasteiger partial charge in [0.2, 0.25) is 0 Å². The fourth-order valence-corrected chi connectivity index (χ4v) is 0. The Morgan fingerprint density at radius 3 is 1.67 bits per heavy atom. The molecule has 0 atom stereocenters. The van der Waals surface area contributed by atoms with Crippen molar-refractivity contribution in [1.29, 1.82) is 0 Å². The Morgan fingerprint density at radius 2 is 1.67 bits per heavy atom. The second kappa shape index (κ2) is 33.3. The summed E-state index contributed by atoms with van der Waals surface area (Å²) < 4.78 is 0. The molecule has 0 aliphatic carbocycles. The second-order valence-corrected chi connectivity index (χ2v) is 0.316. The van der Waals surface area contributed by atoms with Crippen LogP contribution < -0.4 is 0 Å². The molecule has 0 spiro atoms. The topological polar surface area (TPSA) is 51.7 Å². The van der Waals surface area contributed by atoms with Crippen molar-refractivity contribution in [2.75, 3.05) is 6.61 Å². The van der Waals surface area contributed by atoms with Gasteiger partial charge >= 0.3 is 23.1 Å². The zero-order valence-corrected chi connectivity index (χ0v) is 8.45. The molecule has 0 heterocycles. The third-order valence-electron chi connectivity index (χ3n) is 0. The smallest absolute Gasteiger partial charge is 1.00 e. The van der Waals surface area contributed by atoms with Gasteiger partial charge in [0.25, 0.3) is 0 Å². The van der Waals surface area contributed by atoms with Gasteiger partial charge < -0.3 is 13.4 Å². The summed E-state index contributed by atoms with van der Waals surface area (Å²) >= 11 is 0. The molecule has 0 aliphatic rings. The predicted octanol–water partition coefficient (Wildman–Crippen LogP) is -0.984. The minimum Gasteiger partial charge on any atom is -1.00 e. The standard InChI is InChI=1S/C2H6O.Mg.H2O.Zn.2H/c1-2-3;;;;;/h3H,2H2,1H3;;1H2;;;/q;+2;;;2*-1. The van der Waals surface area contributed by atoms with Crippen LogP contribution in [0.2, 0.25) is 0 Å². The fourth-order valence-electron chi connectivity index (χ4n) is 0. The van der Waals surface area contributed by atoms with E-state index in [1.165, 1.54) is 0 Å². The fraction of sp³-hybridized carbons (Fsp3) is 1.00. The summed E-state index contributed by atoms with van der Waals surface area (Å²) in [5.74, 6) is 0. The normalized spacial score (nSPS) is 3.00. The van der Waals surface area contributed by atoms with Crippen molar-refractivity contribution in [2.45, 2.75) is 6.92 Å². The van der Waals surface area contributed by atoms with E-state index in [2.05, 4.69) is 0 Å². The molecule has 0 saturated carbocycles. The van der Waals surface area contributed by atoms with E-state index in [9.17, 15) is 0 Å². The maximum atomic E-state index is 7.57. The van der Waals surface area contributed by atoms with Gasteiger partial charge in [-0.2, -0.15) is 0 Å². The van der Waals surface area contributed by atoms with Crippen molar-refractivity contribution in [3.63, 3.8) is 0 Å². The Labute approximate surface area is 69.5 Å². The molecule has 0 saturated heterocycles. The van der Waals surface area contributed by atoms with E-state index in [0.717, 1.165) is 0 Å². The monoisotopic (exact) mass is 154 g/mol. The van der Waals surface area contributed by atoms with Gasteiger partial charge in [-0.25, -0.2) is 0 Å². The third-order valence-corrected chi connectivity index (χ3v) is 0. The number of hydrogen-bond donors (Lipinski definition) is 1. The first-order valence-electron chi connectivity index (χ1n) is 1.02. The third kappa shape index (κ3) is 57.5. The minimum atomic E-state index is 0. The van der Waals surface area contributed by atoms with Gasteiger partial charge in [-0.3, -0.25) is 0 Å². The van der Waals surface area contributed by atoms with Gasteiger partial charge in [0.05, 0.1) is 0 Å². The molecule has 0 bridgehead atoms. The van der Waals surface area contributed by atoms with E-state index >= 15 is 0 Å². The Bertz CT molecular complexity index is 18.0. The maximum absolute atomic E-state index is 7.57. The summed E-state index contributed by atoms with van der Waals surface area (Å²) in [5.41, 5.74) is 0. The molecule has 0 unspecified atom stereocenters. The van der Waals surface area contributed by atoms with E-state index < -0.39 is 0 Å². The Morgan fingerprint density at radius 1 is 1.67 bits per heavy atom. The molecule has 0 amide bonds. The minimum absolute atomic E-state index is 0. The molecule has 0 aromatic heterocycles. The Hall–Kier alpha value is 1.31. The SMILES string of the molecule is CCO.O.[H-].[H-].[Mg+2].[Zn]. The van der Waals surface area contributed by atoms with Crippen molar-refractivity contribution in [3.8, 4) is 0 Å². The van der Waals surface area contributed by atoms with Gasteiger partial charge in [0.1, 0.15) is 0 Å². The zero-order chi connectivity index (χ0) is 2.71. The van der Waals surface area contributed by atoms with Crippen molar-refractivity contribution < 1.29 is 32.9 Å². The zero-order valence-electron chi connectivity index (χ0n) is 6.07. The van der Waals surface area contributed by atoms with E-state index in [-0.39, 0.29) is 57.5 Å². The van der Waals surface area contributed by atoms with E-state index in [4.69, 9.17) is 5.11 Å². The van der Waals surface area contributed by atoms with Crippen LogP contribution in [-0.4, -0.2) is 40.2 Å². The van der Waals surface area contributed by atoms with Crippen LogP contribution in [0.15, 0.2) is 0 Å². The van der Waals surface area contributed by atoms with Gasteiger partial charge in [-0.15, -0.1) is 0 Å². The molecular formula is C2H10MgO2Zn. The predicted molar refractivity (Wildman–Crippen MR) is 24.4 cm³/mol. The van der Waals surface area contributed by atoms with E-state index in [0.29, 0.717) is 0 Å². The summed E-state index contributed by atoms with van der Waals surface area (Å²) in [6.45, 7) is 1.93. The number of aliphatic hydroxyl groups is 1. The molecule has 0 fully saturated rings. The average molecular weight is 156 g/mol. The van der Waals surface area contributed by atoms with Crippen molar-refractivity contribution >= 4 is 23.1 Å². The van der Waals surface area contributed by atoms with Crippen LogP contribution >= 0.6 is 0 Å². The first kappa shape index (κ1) is 26.6. The van der Waals surface area contributed by atoms with Crippen LogP contribution in [0.3, 0.4) is 0 Å². The van der Waals surface area contributed by atoms with Crippen LogP contribution in [0.4, 0.5) is 0 Å². The van der Waals surface area contributed by atoms with Crippen LogP contribution in [0.5, 0.6) is 0 Å². The van der Waals surface area contributed by atoms with Gasteiger partial charge in [-0.1, -0.05) is 0 Å². The summed E-state index contributed by atoms with van der Waals surface area (Å²) in [5, 5.41) is 7.57. The Balaban J connectivity index is -0.00000000200. The van der Waals surface area contributed by atoms with E-state index in [1.54, 1.807) is 6.92 Å². The molecule has 0 radical (unpaired) electrons. The molecule has 0 rings (SSSR count). The number of hydrogen-bond acceptors (Lipinski definition) is 1. The molecule has 4 heteroatoms. The van der Waals surface area contributed by atoms with Crippen LogP contribution in [0.25, 0.3) is 0 Å². The molecule has 6 heavy (non-hydrogen) atoms. The maximum Gasteiger partial charge on any atom is 2.00 e. The largest absolute Gasteiger partial charge is 2.00 e. The summed E-state index contributed by atoms with van der Waals surface area (Å²) in [6.07, 6.45) is 0.